The van der Waals surface area contributed by atoms with Gasteiger partial charge in [0.1, 0.15) is 6.79 Å². The standard InChI is InChI=1S/C20H34O3/c1-18(2,23-14-22-4)10-5-7-15-13-20(15)12-9-16-17(21)8-6-11-19(16,20)3/h5,7,15-17,21H,6,8-14H2,1-4H3/b7-5-/t15-,16+,17+,19+,20+/m1/s1. The Kier molecular flexibility index (Phi) is 4.67. The van der Waals surface area contributed by atoms with Crippen molar-refractivity contribution in [1.82, 2.24) is 0 Å². The van der Waals surface area contributed by atoms with Crippen LogP contribution >= 0.6 is 0 Å². The van der Waals surface area contributed by atoms with Crippen molar-refractivity contribution in [3.05, 3.63) is 12.2 Å². The van der Waals surface area contributed by atoms with Crippen molar-refractivity contribution in [2.24, 2.45) is 22.7 Å². The molecule has 1 N–H and O–H groups in total. The first-order chi connectivity index (χ1) is 10.8. The molecule has 3 saturated carbocycles. The molecule has 0 amide bonds. The maximum atomic E-state index is 10.4. The summed E-state index contributed by atoms with van der Waals surface area (Å²) in [5.41, 5.74) is 0.673. The molecule has 1 spiro atoms. The third kappa shape index (κ3) is 3.01. The van der Waals surface area contributed by atoms with Gasteiger partial charge < -0.3 is 14.6 Å². The first-order valence-electron chi connectivity index (χ1n) is 9.32. The summed E-state index contributed by atoms with van der Waals surface area (Å²) < 4.78 is 10.7. The SMILES string of the molecule is COCOC(C)(C)C/C=C\[C@@H]1C[C@@]12CC[C@H]1[C@@H](O)CCC[C@@]12C. The summed E-state index contributed by atoms with van der Waals surface area (Å²) >= 11 is 0. The largest absolute Gasteiger partial charge is 0.393 e. The molecule has 23 heavy (non-hydrogen) atoms. The van der Waals surface area contributed by atoms with E-state index in [-0.39, 0.29) is 11.7 Å². The Balaban J connectivity index is 1.59. The summed E-state index contributed by atoms with van der Waals surface area (Å²) in [4.78, 5) is 0. The minimum Gasteiger partial charge on any atom is -0.393 e. The molecule has 5 atom stereocenters. The molecule has 0 heterocycles. The Hall–Kier alpha value is -0.380. The lowest BCUT2D eigenvalue weighted by Crippen LogP contribution is -2.41. The van der Waals surface area contributed by atoms with E-state index in [0.717, 1.165) is 12.8 Å². The normalized spacial score (nSPS) is 43.3. The zero-order valence-electron chi connectivity index (χ0n) is 15.3. The predicted molar refractivity (Wildman–Crippen MR) is 92.0 cm³/mol. The van der Waals surface area contributed by atoms with Gasteiger partial charge in [-0.3, -0.25) is 0 Å². The Labute approximate surface area is 141 Å². The molecular weight excluding hydrogens is 288 g/mol. The maximum Gasteiger partial charge on any atom is 0.147 e. The second-order valence-electron chi connectivity index (χ2n) is 8.93. The van der Waals surface area contributed by atoms with E-state index in [9.17, 15) is 5.11 Å². The van der Waals surface area contributed by atoms with Gasteiger partial charge in [-0.2, -0.15) is 0 Å². The van der Waals surface area contributed by atoms with Crippen molar-refractivity contribution in [3.63, 3.8) is 0 Å². The lowest BCUT2D eigenvalue weighted by molar-refractivity contribution is -0.112. The Morgan fingerprint density at radius 3 is 2.78 bits per heavy atom. The number of ether oxygens (including phenoxy) is 2. The molecule has 132 valence electrons. The van der Waals surface area contributed by atoms with Gasteiger partial charge in [-0.05, 0) is 75.0 Å². The molecular formula is C20H34O3. The molecule has 0 unspecified atom stereocenters. The monoisotopic (exact) mass is 322 g/mol. The molecule has 3 nitrogen and oxygen atoms in total. The van der Waals surface area contributed by atoms with Crippen LogP contribution in [0.2, 0.25) is 0 Å². The van der Waals surface area contributed by atoms with E-state index < -0.39 is 0 Å². The fourth-order valence-electron chi connectivity index (χ4n) is 5.64. The molecule has 3 heteroatoms. The number of allylic oxidation sites excluding steroid dienone is 1. The molecule has 0 bridgehead atoms. The van der Waals surface area contributed by atoms with E-state index in [4.69, 9.17) is 9.47 Å². The van der Waals surface area contributed by atoms with Crippen molar-refractivity contribution in [1.29, 1.82) is 0 Å². The van der Waals surface area contributed by atoms with Crippen molar-refractivity contribution in [2.45, 2.75) is 77.4 Å². The van der Waals surface area contributed by atoms with E-state index in [1.807, 2.05) is 0 Å². The summed E-state index contributed by atoms with van der Waals surface area (Å²) in [7, 11) is 1.66. The van der Waals surface area contributed by atoms with Gasteiger partial charge in [-0.15, -0.1) is 0 Å². The third-order valence-corrected chi connectivity index (χ3v) is 7.20. The van der Waals surface area contributed by atoms with E-state index in [1.54, 1.807) is 7.11 Å². The quantitative estimate of drug-likeness (QED) is 0.585. The van der Waals surface area contributed by atoms with Crippen LogP contribution in [0.3, 0.4) is 0 Å². The van der Waals surface area contributed by atoms with Crippen molar-refractivity contribution in [2.75, 3.05) is 13.9 Å². The number of hydrogen-bond donors (Lipinski definition) is 1. The van der Waals surface area contributed by atoms with Gasteiger partial charge in [-0.1, -0.05) is 25.5 Å². The molecule has 3 aliphatic rings. The fraction of sp³-hybridized carbons (Fsp3) is 0.900. The van der Waals surface area contributed by atoms with Gasteiger partial charge in [0, 0.05) is 7.11 Å². The van der Waals surface area contributed by atoms with Gasteiger partial charge in [0.2, 0.25) is 0 Å². The second kappa shape index (κ2) is 6.16. The first-order valence-corrected chi connectivity index (χ1v) is 9.32. The fourth-order valence-corrected chi connectivity index (χ4v) is 5.64. The third-order valence-electron chi connectivity index (χ3n) is 7.20. The van der Waals surface area contributed by atoms with Crippen LogP contribution in [0.15, 0.2) is 12.2 Å². The predicted octanol–water partition coefficient (Wildman–Crippen LogP) is 4.30. The first kappa shape index (κ1) is 17.4. The number of aliphatic hydroxyl groups excluding tert-OH is 1. The zero-order chi connectivity index (χ0) is 16.7. The summed E-state index contributed by atoms with van der Waals surface area (Å²) in [5.74, 6) is 1.25. The highest BCUT2D eigenvalue weighted by Crippen LogP contribution is 2.76. The molecule has 3 aliphatic carbocycles. The van der Waals surface area contributed by atoms with E-state index >= 15 is 0 Å². The molecule has 0 saturated heterocycles. The number of fused-ring (bicyclic) bond motifs is 2. The van der Waals surface area contributed by atoms with Crippen LogP contribution in [0.25, 0.3) is 0 Å². The van der Waals surface area contributed by atoms with Crippen molar-refractivity contribution < 1.29 is 14.6 Å². The van der Waals surface area contributed by atoms with Gasteiger partial charge in [-0.25, -0.2) is 0 Å². The van der Waals surface area contributed by atoms with Crippen LogP contribution < -0.4 is 0 Å². The Morgan fingerprint density at radius 2 is 2.04 bits per heavy atom. The average Bonchev–Trinajstić information content (AvgIpc) is 3.11. The zero-order valence-corrected chi connectivity index (χ0v) is 15.3. The van der Waals surface area contributed by atoms with Gasteiger partial charge in [0.25, 0.3) is 0 Å². The number of rotatable bonds is 6. The topological polar surface area (TPSA) is 38.7 Å². The van der Waals surface area contributed by atoms with E-state index in [1.165, 1.54) is 32.1 Å². The molecule has 3 fully saturated rings. The average molecular weight is 322 g/mol. The lowest BCUT2D eigenvalue weighted by atomic mass is 9.62. The minimum atomic E-state index is -0.169. The lowest BCUT2D eigenvalue weighted by Gasteiger charge is -2.44. The highest BCUT2D eigenvalue weighted by Gasteiger charge is 2.69. The van der Waals surface area contributed by atoms with E-state index in [2.05, 4.69) is 32.9 Å². The second-order valence-corrected chi connectivity index (χ2v) is 8.93. The van der Waals surface area contributed by atoms with Gasteiger partial charge in [0.15, 0.2) is 0 Å². The summed E-state index contributed by atoms with van der Waals surface area (Å²) in [6.07, 6.45) is 13.0. The molecule has 0 radical (unpaired) electrons. The summed E-state index contributed by atoms with van der Waals surface area (Å²) in [5, 5.41) is 10.4. The molecule has 0 aromatic carbocycles. The number of hydrogen-bond acceptors (Lipinski definition) is 3. The Bertz CT molecular complexity index is 458. The Morgan fingerprint density at radius 1 is 1.26 bits per heavy atom. The maximum absolute atomic E-state index is 10.4. The highest BCUT2D eigenvalue weighted by molar-refractivity contribution is 5.23. The van der Waals surface area contributed by atoms with Gasteiger partial charge in [0.05, 0.1) is 11.7 Å². The van der Waals surface area contributed by atoms with Crippen molar-refractivity contribution >= 4 is 0 Å². The van der Waals surface area contributed by atoms with Crippen molar-refractivity contribution in [3.8, 4) is 0 Å². The van der Waals surface area contributed by atoms with Crippen LogP contribution in [0, 0.1) is 22.7 Å². The van der Waals surface area contributed by atoms with Crippen LogP contribution in [-0.2, 0) is 9.47 Å². The van der Waals surface area contributed by atoms with Crippen LogP contribution in [-0.4, -0.2) is 30.7 Å². The van der Waals surface area contributed by atoms with Gasteiger partial charge >= 0.3 is 0 Å². The number of methoxy groups -OCH3 is 1. The summed E-state index contributed by atoms with van der Waals surface area (Å²) in [6, 6.07) is 0. The van der Waals surface area contributed by atoms with Crippen LogP contribution in [0.1, 0.15) is 65.7 Å². The molecule has 0 aromatic rings. The highest BCUT2D eigenvalue weighted by atomic mass is 16.7. The van der Waals surface area contributed by atoms with Crippen LogP contribution in [0.4, 0.5) is 0 Å². The smallest absolute Gasteiger partial charge is 0.147 e. The molecule has 3 rings (SSSR count). The molecule has 0 aromatic heterocycles. The van der Waals surface area contributed by atoms with Crippen LogP contribution in [0.5, 0.6) is 0 Å². The van der Waals surface area contributed by atoms with E-state index in [0.29, 0.717) is 29.5 Å². The minimum absolute atomic E-state index is 0.0558. The number of aliphatic hydroxyl groups is 1. The summed E-state index contributed by atoms with van der Waals surface area (Å²) in [6.45, 7) is 7.05. The molecule has 0 aliphatic heterocycles.